The summed E-state index contributed by atoms with van der Waals surface area (Å²) in [6, 6.07) is 4.72. The van der Waals surface area contributed by atoms with Crippen LogP contribution in [0.25, 0.3) is 12.2 Å². The molecule has 0 saturated carbocycles. The van der Waals surface area contributed by atoms with Crippen LogP contribution in [0.4, 0.5) is 5.69 Å². The van der Waals surface area contributed by atoms with Gasteiger partial charge in [0, 0.05) is 0 Å². The van der Waals surface area contributed by atoms with Crippen molar-refractivity contribution in [1.82, 2.24) is 9.97 Å². The molecule has 1 aromatic carbocycles. The van der Waals surface area contributed by atoms with Crippen LogP contribution in [0.15, 0.2) is 27.8 Å². The predicted molar refractivity (Wildman–Crippen MR) is 98.4 cm³/mol. The molecule has 2 rings (SSSR count). The number of hydrogen-bond acceptors (Lipinski definition) is 8. The van der Waals surface area contributed by atoms with Crippen LogP contribution in [0, 0.1) is 10.1 Å². The topological polar surface area (TPSA) is 154 Å². The number of nitro groups is 1. The molecule has 0 fully saturated rings. The van der Waals surface area contributed by atoms with E-state index in [0.29, 0.717) is 23.7 Å². The highest BCUT2D eigenvalue weighted by atomic mass is 16.6. The monoisotopic (exact) mass is 391 g/mol. The van der Waals surface area contributed by atoms with Crippen molar-refractivity contribution in [2.24, 2.45) is 0 Å². The third-order valence-electron chi connectivity index (χ3n) is 3.41. The van der Waals surface area contributed by atoms with E-state index in [-0.39, 0.29) is 12.3 Å². The van der Waals surface area contributed by atoms with Crippen LogP contribution in [-0.2, 0) is 9.53 Å². The first-order valence-electron chi connectivity index (χ1n) is 8.01. The van der Waals surface area contributed by atoms with Gasteiger partial charge in [-0.05, 0) is 30.7 Å². The lowest BCUT2D eigenvalue weighted by molar-refractivity contribution is -0.386. The van der Waals surface area contributed by atoms with E-state index in [2.05, 4.69) is 9.72 Å². The fraction of sp³-hybridized carbons (Fsp3) is 0.235. The predicted octanol–water partition coefficient (Wildman–Crippen LogP) is 1.09. The Kier molecular flexibility index (Phi) is 6.68. The maximum Gasteiger partial charge on any atom is 0.357 e. The van der Waals surface area contributed by atoms with Crippen LogP contribution in [-0.4, -0.2) is 41.2 Å². The molecule has 0 bridgehead atoms. The molecule has 148 valence electrons. The first kappa shape index (κ1) is 20.4. The smallest absolute Gasteiger partial charge is 0.357 e. The van der Waals surface area contributed by atoms with Gasteiger partial charge in [0.2, 0.25) is 0 Å². The molecule has 0 atom stereocenters. The second-order valence-electron chi connectivity index (χ2n) is 5.26. The zero-order chi connectivity index (χ0) is 20.7. The van der Waals surface area contributed by atoms with Crippen molar-refractivity contribution >= 4 is 23.8 Å². The molecule has 28 heavy (non-hydrogen) atoms. The zero-order valence-corrected chi connectivity index (χ0v) is 15.0. The molecule has 0 spiro atoms. The summed E-state index contributed by atoms with van der Waals surface area (Å²) < 4.78 is 15.3. The molecule has 11 heteroatoms. The summed E-state index contributed by atoms with van der Waals surface area (Å²) >= 11 is 0. The second-order valence-corrected chi connectivity index (χ2v) is 5.26. The van der Waals surface area contributed by atoms with E-state index in [1.165, 1.54) is 19.3 Å². The van der Waals surface area contributed by atoms with Crippen LogP contribution in [0.5, 0.6) is 11.5 Å². The third-order valence-corrected chi connectivity index (χ3v) is 3.41. The number of nitrogens with one attached hydrogen (secondary N) is 2. The molecule has 0 aliphatic heterocycles. The summed E-state index contributed by atoms with van der Waals surface area (Å²) in [5.74, 6) is 0.0828. The average Bonchev–Trinajstić information content (AvgIpc) is 2.64. The number of benzene rings is 1. The summed E-state index contributed by atoms with van der Waals surface area (Å²) in [6.45, 7) is 1.79. The minimum atomic E-state index is -1.10. The van der Waals surface area contributed by atoms with E-state index in [1.807, 2.05) is 0 Å². The molecule has 11 nitrogen and oxygen atoms in total. The average molecular weight is 391 g/mol. The highest BCUT2D eigenvalue weighted by Gasteiger charge is 2.18. The number of esters is 1. The molecule has 0 amide bonds. The van der Waals surface area contributed by atoms with Crippen molar-refractivity contribution in [3.05, 3.63) is 60.4 Å². The fourth-order valence-corrected chi connectivity index (χ4v) is 2.19. The Morgan fingerprint density at radius 2 is 1.93 bits per heavy atom. The van der Waals surface area contributed by atoms with Gasteiger partial charge in [-0.2, -0.15) is 0 Å². The first-order valence-corrected chi connectivity index (χ1v) is 8.01. The van der Waals surface area contributed by atoms with Crippen molar-refractivity contribution in [2.75, 3.05) is 20.3 Å². The van der Waals surface area contributed by atoms with Gasteiger partial charge in [0.25, 0.3) is 0 Å². The zero-order valence-electron chi connectivity index (χ0n) is 15.0. The summed E-state index contributed by atoms with van der Waals surface area (Å²) in [5, 5.41) is 11.1. The van der Waals surface area contributed by atoms with E-state index < -0.39 is 27.8 Å². The van der Waals surface area contributed by atoms with Gasteiger partial charge in [0.15, 0.2) is 18.1 Å². The van der Waals surface area contributed by atoms with Crippen molar-refractivity contribution in [3.8, 4) is 11.5 Å². The van der Waals surface area contributed by atoms with Gasteiger partial charge in [0.05, 0.1) is 18.6 Å². The Bertz CT molecular complexity index is 1020. The van der Waals surface area contributed by atoms with E-state index in [4.69, 9.17) is 9.47 Å². The minimum Gasteiger partial charge on any atom is -0.490 e. The Hall–Kier alpha value is -3.89. The van der Waals surface area contributed by atoms with Gasteiger partial charge in [0.1, 0.15) is 5.69 Å². The van der Waals surface area contributed by atoms with Crippen LogP contribution >= 0.6 is 0 Å². The molecule has 0 unspecified atom stereocenters. The molecule has 0 radical (unpaired) electrons. The first-order chi connectivity index (χ1) is 13.3. The van der Waals surface area contributed by atoms with E-state index in [0.717, 1.165) is 0 Å². The molecule has 1 aromatic heterocycles. The standard InChI is InChI=1S/C17H17N3O8/c1-3-27-13-8-10(5-7-12(13)28-9-14(21)26-2)4-6-11-15(20(24)25)16(22)19-17(23)18-11/h4-8H,3,9H2,1-2H3,(H2,18,19,22,23). The van der Waals surface area contributed by atoms with Crippen LogP contribution in [0.1, 0.15) is 18.2 Å². The maximum atomic E-state index is 11.6. The number of nitrogens with zero attached hydrogens (tertiary/aromatic N) is 1. The van der Waals surface area contributed by atoms with Gasteiger partial charge < -0.3 is 19.2 Å². The number of ether oxygens (including phenoxy) is 3. The van der Waals surface area contributed by atoms with E-state index in [9.17, 15) is 24.5 Å². The lowest BCUT2D eigenvalue weighted by atomic mass is 10.1. The van der Waals surface area contributed by atoms with Crippen molar-refractivity contribution in [3.63, 3.8) is 0 Å². The summed E-state index contributed by atoms with van der Waals surface area (Å²) in [5.41, 5.74) is -2.45. The largest absolute Gasteiger partial charge is 0.490 e. The molecular weight excluding hydrogens is 374 g/mol. The summed E-state index contributed by atoms with van der Waals surface area (Å²) in [6.07, 6.45) is 2.68. The SMILES string of the molecule is CCOc1cc(C=Cc2[nH]c(=O)[nH]c(=O)c2[N+](=O)[O-])ccc1OCC(=O)OC. The van der Waals surface area contributed by atoms with Crippen LogP contribution in [0.2, 0.25) is 0 Å². The highest BCUT2D eigenvalue weighted by Crippen LogP contribution is 2.29. The Balaban J connectivity index is 2.35. The number of hydrogen-bond donors (Lipinski definition) is 2. The van der Waals surface area contributed by atoms with E-state index in [1.54, 1.807) is 30.1 Å². The number of H-pyrrole nitrogens is 2. The maximum absolute atomic E-state index is 11.6. The van der Waals surface area contributed by atoms with Gasteiger partial charge in [-0.15, -0.1) is 0 Å². The van der Waals surface area contributed by atoms with Crippen LogP contribution < -0.4 is 20.7 Å². The Labute approximate surface area is 157 Å². The quantitative estimate of drug-likeness (QED) is 0.385. The molecule has 0 aliphatic rings. The van der Waals surface area contributed by atoms with Gasteiger partial charge in [-0.1, -0.05) is 12.1 Å². The van der Waals surface area contributed by atoms with Gasteiger partial charge in [-0.25, -0.2) is 9.59 Å². The number of carbonyl (C=O) groups is 1. The second kappa shape index (κ2) is 9.16. The van der Waals surface area contributed by atoms with Crippen molar-refractivity contribution < 1.29 is 23.9 Å². The molecule has 0 saturated heterocycles. The Morgan fingerprint density at radius 3 is 2.57 bits per heavy atom. The van der Waals surface area contributed by atoms with E-state index >= 15 is 0 Å². The number of aromatic nitrogens is 2. The molecule has 1 heterocycles. The number of carbonyl (C=O) groups excluding carboxylic acids is 1. The molecule has 2 aromatic rings. The lowest BCUT2D eigenvalue weighted by Crippen LogP contribution is -2.25. The summed E-state index contributed by atoms with van der Waals surface area (Å²) in [4.78, 5) is 48.4. The lowest BCUT2D eigenvalue weighted by Gasteiger charge is -2.11. The molecule has 0 aliphatic carbocycles. The van der Waals surface area contributed by atoms with Crippen molar-refractivity contribution in [2.45, 2.75) is 6.92 Å². The summed E-state index contributed by atoms with van der Waals surface area (Å²) in [7, 11) is 1.24. The minimum absolute atomic E-state index is 0.247. The highest BCUT2D eigenvalue weighted by molar-refractivity contribution is 5.73. The number of methoxy groups -OCH3 is 1. The van der Waals surface area contributed by atoms with Gasteiger partial charge >= 0.3 is 22.9 Å². The Morgan fingerprint density at radius 1 is 1.18 bits per heavy atom. The van der Waals surface area contributed by atoms with Crippen molar-refractivity contribution in [1.29, 1.82) is 0 Å². The third kappa shape index (κ3) is 5.06. The number of rotatable bonds is 8. The number of aromatic amines is 2. The molecule has 2 N–H and O–H groups in total. The molecular formula is C17H17N3O8. The normalized spacial score (nSPS) is 10.6. The van der Waals surface area contributed by atoms with Gasteiger partial charge in [-0.3, -0.25) is 19.9 Å². The van der Waals surface area contributed by atoms with Crippen LogP contribution in [0.3, 0.4) is 0 Å². The fourth-order valence-electron chi connectivity index (χ4n) is 2.19.